The van der Waals surface area contributed by atoms with E-state index < -0.39 is 0 Å². The Morgan fingerprint density at radius 2 is 2.05 bits per heavy atom. The number of imidazole rings is 1. The molecule has 0 radical (unpaired) electrons. The average Bonchev–Trinajstić information content (AvgIpc) is 2.89. The lowest BCUT2D eigenvalue weighted by atomic mass is 10.1. The van der Waals surface area contributed by atoms with E-state index in [1.807, 2.05) is 55.5 Å². The number of carbonyl (C=O) groups is 1. The summed E-state index contributed by atoms with van der Waals surface area (Å²) in [5.41, 5.74) is 6.71. The Bertz CT molecular complexity index is 779. The number of para-hydroxylation sites is 2. The molecule has 0 saturated heterocycles. The monoisotopic (exact) mass is 280 g/mol. The Balaban J connectivity index is 1.64. The van der Waals surface area contributed by atoms with Crippen molar-refractivity contribution in [1.29, 1.82) is 0 Å². The third-order valence-corrected chi connectivity index (χ3v) is 3.21. The third kappa shape index (κ3) is 3.02. The van der Waals surface area contributed by atoms with Crippen LogP contribution in [0.2, 0.25) is 0 Å². The minimum absolute atomic E-state index is 0.264. The number of urea groups is 1. The zero-order valence-corrected chi connectivity index (χ0v) is 11.7. The molecule has 0 unspecified atom stereocenters. The van der Waals surface area contributed by atoms with Gasteiger partial charge in [0.15, 0.2) is 0 Å². The van der Waals surface area contributed by atoms with Crippen molar-refractivity contribution in [2.24, 2.45) is 0 Å². The van der Waals surface area contributed by atoms with Crippen LogP contribution < -0.4 is 10.7 Å². The van der Waals surface area contributed by atoms with Crippen molar-refractivity contribution < 1.29 is 4.79 Å². The van der Waals surface area contributed by atoms with E-state index in [0.717, 1.165) is 16.6 Å². The maximum absolute atomic E-state index is 11.9. The van der Waals surface area contributed by atoms with Gasteiger partial charge in [-0.1, -0.05) is 42.0 Å². The van der Waals surface area contributed by atoms with Crippen LogP contribution >= 0.6 is 0 Å². The molecule has 0 spiro atoms. The maximum Gasteiger partial charge on any atom is 0.334 e. The first kappa shape index (κ1) is 13.2. The van der Waals surface area contributed by atoms with E-state index >= 15 is 0 Å². The number of hydrogen-bond acceptors (Lipinski definition) is 2. The summed E-state index contributed by atoms with van der Waals surface area (Å²) in [7, 11) is 0. The molecule has 2 aromatic carbocycles. The van der Waals surface area contributed by atoms with E-state index in [-0.39, 0.29) is 6.03 Å². The number of aryl methyl sites for hydroxylation is 1. The molecule has 0 aliphatic heterocycles. The summed E-state index contributed by atoms with van der Waals surface area (Å²) in [6.07, 6.45) is 1.59. The molecule has 2 amide bonds. The zero-order valence-electron chi connectivity index (χ0n) is 11.7. The smallest absolute Gasteiger partial charge is 0.333 e. The Labute approximate surface area is 122 Å². The molecule has 0 aliphatic carbocycles. The van der Waals surface area contributed by atoms with Crippen molar-refractivity contribution in [3.05, 3.63) is 66.0 Å². The van der Waals surface area contributed by atoms with Crippen molar-refractivity contribution in [2.75, 3.05) is 5.43 Å². The number of carbonyl (C=O) groups excluding carboxylic acids is 1. The SMILES string of the molecule is Cc1cccc(CNC(=O)Nn2cnc3ccccc32)c1. The molecule has 0 saturated carbocycles. The number of nitrogens with zero attached hydrogens (tertiary/aromatic N) is 2. The Morgan fingerprint density at radius 1 is 1.19 bits per heavy atom. The molecule has 0 bridgehead atoms. The highest BCUT2D eigenvalue weighted by Gasteiger charge is 2.05. The van der Waals surface area contributed by atoms with Crippen LogP contribution in [0.15, 0.2) is 54.9 Å². The van der Waals surface area contributed by atoms with Crippen LogP contribution in [-0.2, 0) is 6.54 Å². The van der Waals surface area contributed by atoms with Crippen LogP contribution in [0.5, 0.6) is 0 Å². The van der Waals surface area contributed by atoms with E-state index in [0.29, 0.717) is 6.54 Å². The summed E-state index contributed by atoms with van der Waals surface area (Å²) in [6, 6.07) is 15.4. The fraction of sp³-hybridized carbons (Fsp3) is 0.125. The minimum atomic E-state index is -0.264. The zero-order chi connectivity index (χ0) is 14.7. The molecule has 106 valence electrons. The Kier molecular flexibility index (Phi) is 3.55. The Morgan fingerprint density at radius 3 is 2.90 bits per heavy atom. The van der Waals surface area contributed by atoms with Crippen molar-refractivity contribution >= 4 is 17.1 Å². The number of benzene rings is 2. The van der Waals surface area contributed by atoms with Gasteiger partial charge in [-0.15, -0.1) is 0 Å². The summed E-state index contributed by atoms with van der Waals surface area (Å²) >= 11 is 0. The van der Waals surface area contributed by atoms with Crippen LogP contribution in [-0.4, -0.2) is 15.7 Å². The fourth-order valence-corrected chi connectivity index (χ4v) is 2.20. The molecular formula is C16H16N4O. The summed E-state index contributed by atoms with van der Waals surface area (Å²) in [6.45, 7) is 2.52. The third-order valence-electron chi connectivity index (χ3n) is 3.21. The first-order valence-corrected chi connectivity index (χ1v) is 6.75. The first-order chi connectivity index (χ1) is 10.2. The number of amides is 2. The topological polar surface area (TPSA) is 59.0 Å². The lowest BCUT2D eigenvalue weighted by molar-refractivity contribution is 0.249. The molecular weight excluding hydrogens is 264 g/mol. The van der Waals surface area contributed by atoms with Crippen LogP contribution in [0.3, 0.4) is 0 Å². The van der Waals surface area contributed by atoms with Gasteiger partial charge in [-0.25, -0.2) is 19.9 Å². The molecule has 0 aliphatic rings. The van der Waals surface area contributed by atoms with Crippen molar-refractivity contribution in [2.45, 2.75) is 13.5 Å². The van der Waals surface area contributed by atoms with Crippen molar-refractivity contribution in [3.8, 4) is 0 Å². The highest BCUT2D eigenvalue weighted by Crippen LogP contribution is 2.09. The molecule has 0 atom stereocenters. The van der Waals surface area contributed by atoms with Crippen molar-refractivity contribution in [3.63, 3.8) is 0 Å². The summed E-state index contributed by atoms with van der Waals surface area (Å²) in [5, 5.41) is 2.83. The second kappa shape index (κ2) is 5.66. The minimum Gasteiger partial charge on any atom is -0.333 e. The van der Waals surface area contributed by atoms with Crippen LogP contribution in [0.25, 0.3) is 11.0 Å². The van der Waals surface area contributed by atoms with Gasteiger partial charge in [-0.05, 0) is 24.6 Å². The second-order valence-electron chi connectivity index (χ2n) is 4.89. The second-order valence-corrected chi connectivity index (χ2v) is 4.89. The van der Waals surface area contributed by atoms with Crippen molar-refractivity contribution in [1.82, 2.24) is 15.0 Å². The van der Waals surface area contributed by atoms with E-state index in [4.69, 9.17) is 0 Å². The van der Waals surface area contributed by atoms with E-state index in [2.05, 4.69) is 15.7 Å². The Hall–Kier alpha value is -2.82. The number of hydrogen-bond donors (Lipinski definition) is 2. The van der Waals surface area contributed by atoms with Gasteiger partial charge in [0.05, 0.1) is 11.0 Å². The molecule has 3 aromatic rings. The fourth-order valence-electron chi connectivity index (χ4n) is 2.20. The molecule has 1 aromatic heterocycles. The summed E-state index contributed by atoms with van der Waals surface area (Å²) in [5.74, 6) is 0. The molecule has 5 nitrogen and oxygen atoms in total. The highest BCUT2D eigenvalue weighted by atomic mass is 16.2. The van der Waals surface area contributed by atoms with Crippen LogP contribution in [0.1, 0.15) is 11.1 Å². The van der Waals surface area contributed by atoms with Gasteiger partial charge in [0.2, 0.25) is 0 Å². The van der Waals surface area contributed by atoms with Gasteiger partial charge < -0.3 is 5.32 Å². The number of fused-ring (bicyclic) bond motifs is 1. The van der Waals surface area contributed by atoms with E-state index in [9.17, 15) is 4.79 Å². The van der Waals surface area contributed by atoms with Crippen LogP contribution in [0, 0.1) is 6.92 Å². The highest BCUT2D eigenvalue weighted by molar-refractivity contribution is 5.85. The standard InChI is InChI=1S/C16H16N4O/c1-12-5-4-6-13(9-12)10-17-16(21)19-20-11-18-14-7-2-3-8-15(14)20/h2-9,11H,10H2,1H3,(H2,17,19,21). The number of rotatable bonds is 3. The van der Waals surface area contributed by atoms with E-state index in [1.165, 1.54) is 5.56 Å². The normalized spacial score (nSPS) is 10.5. The number of aromatic nitrogens is 2. The molecule has 1 heterocycles. The lowest BCUT2D eigenvalue weighted by Crippen LogP contribution is -2.33. The number of nitrogens with one attached hydrogen (secondary N) is 2. The molecule has 2 N–H and O–H groups in total. The van der Waals surface area contributed by atoms with Gasteiger partial charge in [0, 0.05) is 6.54 Å². The molecule has 21 heavy (non-hydrogen) atoms. The van der Waals surface area contributed by atoms with Gasteiger partial charge in [0.25, 0.3) is 0 Å². The molecule has 3 rings (SSSR count). The lowest BCUT2D eigenvalue weighted by Gasteiger charge is -2.09. The molecule has 0 fully saturated rings. The van der Waals surface area contributed by atoms with E-state index in [1.54, 1.807) is 11.0 Å². The summed E-state index contributed by atoms with van der Waals surface area (Å²) in [4.78, 5) is 16.2. The largest absolute Gasteiger partial charge is 0.334 e. The summed E-state index contributed by atoms with van der Waals surface area (Å²) < 4.78 is 1.61. The molecule has 5 heteroatoms. The van der Waals surface area contributed by atoms with Gasteiger partial charge in [0.1, 0.15) is 6.33 Å². The quantitative estimate of drug-likeness (QED) is 0.775. The first-order valence-electron chi connectivity index (χ1n) is 6.75. The van der Waals surface area contributed by atoms with Gasteiger partial charge in [-0.3, -0.25) is 0 Å². The van der Waals surface area contributed by atoms with Gasteiger partial charge in [-0.2, -0.15) is 0 Å². The predicted octanol–water partition coefficient (Wildman–Crippen LogP) is 2.80. The predicted molar refractivity (Wildman–Crippen MR) is 82.5 cm³/mol. The maximum atomic E-state index is 11.9. The van der Waals surface area contributed by atoms with Crippen LogP contribution in [0.4, 0.5) is 4.79 Å². The van der Waals surface area contributed by atoms with Gasteiger partial charge >= 0.3 is 6.03 Å². The average molecular weight is 280 g/mol.